The maximum absolute atomic E-state index is 12.4. The molecular weight excluding hydrogens is 382 g/mol. The Hall–Kier alpha value is -3.32. The zero-order chi connectivity index (χ0) is 20.8. The molecule has 7 heteroatoms. The van der Waals surface area contributed by atoms with E-state index < -0.39 is 0 Å². The molecule has 7 nitrogen and oxygen atoms in total. The van der Waals surface area contributed by atoms with E-state index in [1.165, 1.54) is 0 Å². The van der Waals surface area contributed by atoms with Crippen molar-refractivity contribution in [2.75, 3.05) is 6.54 Å². The minimum Gasteiger partial charge on any atom is -0.468 e. The van der Waals surface area contributed by atoms with Crippen molar-refractivity contribution in [3.05, 3.63) is 83.7 Å². The highest BCUT2D eigenvalue weighted by Crippen LogP contribution is 2.19. The molecule has 0 spiro atoms. The molecule has 0 atom stereocenters. The Morgan fingerprint density at radius 2 is 1.63 bits per heavy atom. The molecule has 0 bridgehead atoms. The molecule has 1 aliphatic carbocycles. The quantitative estimate of drug-likeness (QED) is 0.539. The second-order valence-corrected chi connectivity index (χ2v) is 7.53. The van der Waals surface area contributed by atoms with Gasteiger partial charge >= 0.3 is 0 Å². The lowest BCUT2D eigenvalue weighted by molar-refractivity contribution is -0.122. The third-order valence-corrected chi connectivity index (χ3v) is 4.90. The Morgan fingerprint density at radius 3 is 2.27 bits per heavy atom. The summed E-state index contributed by atoms with van der Waals surface area (Å²) in [4.78, 5) is 26.6. The van der Waals surface area contributed by atoms with Crippen LogP contribution in [0.15, 0.2) is 69.9 Å². The maximum Gasteiger partial charge on any atom is 0.251 e. The van der Waals surface area contributed by atoms with Crippen molar-refractivity contribution in [1.82, 2.24) is 15.5 Å². The highest BCUT2D eigenvalue weighted by molar-refractivity contribution is 5.94. The second kappa shape index (κ2) is 9.45. The first-order valence-electron chi connectivity index (χ1n) is 10.1. The van der Waals surface area contributed by atoms with Gasteiger partial charge in [-0.05, 0) is 54.8 Å². The largest absolute Gasteiger partial charge is 0.468 e. The first-order valence-corrected chi connectivity index (χ1v) is 10.1. The van der Waals surface area contributed by atoms with Gasteiger partial charge < -0.3 is 19.5 Å². The van der Waals surface area contributed by atoms with E-state index in [4.69, 9.17) is 8.83 Å². The fraction of sp³-hybridized carbons (Fsp3) is 0.304. The van der Waals surface area contributed by atoms with E-state index in [0.717, 1.165) is 24.2 Å². The molecule has 1 aromatic carbocycles. The molecule has 2 amide bonds. The monoisotopic (exact) mass is 407 g/mol. The summed E-state index contributed by atoms with van der Waals surface area (Å²) in [5.41, 5.74) is 1.67. The van der Waals surface area contributed by atoms with Crippen LogP contribution in [-0.4, -0.2) is 29.3 Å². The van der Waals surface area contributed by atoms with Crippen LogP contribution in [-0.2, 0) is 24.4 Å². The first-order chi connectivity index (χ1) is 14.7. The van der Waals surface area contributed by atoms with Crippen molar-refractivity contribution in [3.8, 4) is 0 Å². The Labute approximate surface area is 175 Å². The van der Waals surface area contributed by atoms with Crippen LogP contribution in [0.5, 0.6) is 0 Å². The van der Waals surface area contributed by atoms with Crippen LogP contribution in [0.25, 0.3) is 0 Å². The average Bonchev–Trinajstić information content (AvgIpc) is 3.18. The summed E-state index contributed by atoms with van der Waals surface area (Å²) in [6.07, 6.45) is 5.33. The van der Waals surface area contributed by atoms with Gasteiger partial charge in [-0.15, -0.1) is 0 Å². The van der Waals surface area contributed by atoms with Gasteiger partial charge in [-0.2, -0.15) is 0 Å². The summed E-state index contributed by atoms with van der Waals surface area (Å²) in [6.45, 7) is 1.63. The van der Waals surface area contributed by atoms with Gasteiger partial charge in [0.15, 0.2) is 0 Å². The number of hydrogen-bond donors (Lipinski definition) is 2. The number of rotatable bonds is 10. The summed E-state index contributed by atoms with van der Waals surface area (Å²) < 4.78 is 10.7. The van der Waals surface area contributed by atoms with E-state index in [-0.39, 0.29) is 18.4 Å². The molecule has 30 heavy (non-hydrogen) atoms. The maximum atomic E-state index is 12.4. The van der Waals surface area contributed by atoms with E-state index >= 15 is 0 Å². The van der Waals surface area contributed by atoms with Crippen molar-refractivity contribution in [2.45, 2.75) is 38.5 Å². The predicted octanol–water partition coefficient (Wildman–Crippen LogP) is 3.08. The van der Waals surface area contributed by atoms with Crippen LogP contribution in [0.2, 0.25) is 0 Å². The number of benzene rings is 1. The zero-order valence-corrected chi connectivity index (χ0v) is 16.7. The minimum atomic E-state index is -0.0987. The normalized spacial score (nSPS) is 13.4. The molecule has 0 unspecified atom stereocenters. The van der Waals surface area contributed by atoms with Crippen molar-refractivity contribution in [3.63, 3.8) is 0 Å². The fourth-order valence-corrected chi connectivity index (χ4v) is 3.16. The van der Waals surface area contributed by atoms with Gasteiger partial charge in [-0.1, -0.05) is 12.1 Å². The third kappa shape index (κ3) is 5.84. The molecule has 2 aromatic heterocycles. The molecule has 1 saturated carbocycles. The molecular formula is C23H25N3O4. The second-order valence-electron chi connectivity index (χ2n) is 7.53. The lowest BCUT2D eigenvalue weighted by Gasteiger charge is -2.21. The van der Waals surface area contributed by atoms with Gasteiger partial charge in [0.05, 0.1) is 32.2 Å². The number of nitrogens with zero attached hydrogens (tertiary/aromatic N) is 1. The molecule has 0 saturated heterocycles. The van der Waals surface area contributed by atoms with Crippen LogP contribution >= 0.6 is 0 Å². The molecule has 1 aliphatic rings. The summed E-state index contributed by atoms with van der Waals surface area (Å²) in [5, 5.41) is 5.86. The Balaban J connectivity index is 1.36. The van der Waals surface area contributed by atoms with Crippen molar-refractivity contribution < 1.29 is 18.4 Å². The van der Waals surface area contributed by atoms with Crippen LogP contribution in [0.3, 0.4) is 0 Å². The zero-order valence-electron chi connectivity index (χ0n) is 16.7. The van der Waals surface area contributed by atoms with Gasteiger partial charge in [0, 0.05) is 18.2 Å². The van der Waals surface area contributed by atoms with Gasteiger partial charge in [-0.25, -0.2) is 0 Å². The number of nitrogens with one attached hydrogen (secondary N) is 2. The van der Waals surface area contributed by atoms with Crippen molar-refractivity contribution in [1.29, 1.82) is 0 Å². The standard InChI is InChI=1S/C23H25N3O4/c27-22(24-13-20-3-1-11-29-20)16-26(15-21-4-2-12-30-21)14-17-5-7-18(8-6-17)23(28)25-19-9-10-19/h1-8,11-12,19H,9-10,13-16H2,(H,24,27)(H,25,28). The molecule has 0 aliphatic heterocycles. The topological polar surface area (TPSA) is 87.7 Å². The molecule has 2 heterocycles. The van der Waals surface area contributed by atoms with Crippen LogP contribution in [0.4, 0.5) is 0 Å². The summed E-state index contributed by atoms with van der Waals surface area (Å²) >= 11 is 0. The third-order valence-electron chi connectivity index (χ3n) is 4.90. The number of hydrogen-bond acceptors (Lipinski definition) is 5. The van der Waals surface area contributed by atoms with Crippen LogP contribution < -0.4 is 10.6 Å². The highest BCUT2D eigenvalue weighted by atomic mass is 16.3. The molecule has 156 valence electrons. The van der Waals surface area contributed by atoms with E-state index in [0.29, 0.717) is 37.0 Å². The number of carbonyl (C=O) groups excluding carboxylic acids is 2. The molecule has 4 rings (SSSR count). The average molecular weight is 407 g/mol. The van der Waals surface area contributed by atoms with Crippen molar-refractivity contribution in [2.24, 2.45) is 0 Å². The highest BCUT2D eigenvalue weighted by Gasteiger charge is 2.23. The van der Waals surface area contributed by atoms with E-state index in [1.54, 1.807) is 18.6 Å². The van der Waals surface area contributed by atoms with Gasteiger partial charge in [0.1, 0.15) is 11.5 Å². The predicted molar refractivity (Wildman–Crippen MR) is 110 cm³/mol. The lowest BCUT2D eigenvalue weighted by atomic mass is 10.1. The Morgan fingerprint density at radius 1 is 0.933 bits per heavy atom. The number of amides is 2. The van der Waals surface area contributed by atoms with E-state index in [9.17, 15) is 9.59 Å². The van der Waals surface area contributed by atoms with Crippen LogP contribution in [0.1, 0.15) is 40.3 Å². The van der Waals surface area contributed by atoms with Gasteiger partial charge in [0.25, 0.3) is 5.91 Å². The van der Waals surface area contributed by atoms with Gasteiger partial charge in [0.2, 0.25) is 5.91 Å². The number of furan rings is 2. The molecule has 1 fully saturated rings. The summed E-state index contributed by atoms with van der Waals surface area (Å²) in [6, 6.07) is 15.2. The molecule has 3 aromatic rings. The Kier molecular flexibility index (Phi) is 6.29. The minimum absolute atomic E-state index is 0.0335. The first kappa shape index (κ1) is 20.0. The van der Waals surface area contributed by atoms with Crippen molar-refractivity contribution >= 4 is 11.8 Å². The lowest BCUT2D eigenvalue weighted by Crippen LogP contribution is -2.36. The smallest absolute Gasteiger partial charge is 0.251 e. The van der Waals surface area contributed by atoms with Crippen LogP contribution in [0, 0.1) is 0 Å². The SMILES string of the molecule is O=C(CN(Cc1ccc(C(=O)NC2CC2)cc1)Cc1ccco1)NCc1ccco1. The van der Waals surface area contributed by atoms with E-state index in [2.05, 4.69) is 10.6 Å². The Bertz CT molecular complexity index is 945. The number of carbonyl (C=O) groups is 2. The molecule has 2 N–H and O–H groups in total. The summed E-state index contributed by atoms with van der Waals surface area (Å²) in [5.74, 6) is 1.36. The van der Waals surface area contributed by atoms with E-state index in [1.807, 2.05) is 47.4 Å². The molecule has 0 radical (unpaired) electrons. The fourth-order valence-electron chi connectivity index (χ4n) is 3.16. The summed E-state index contributed by atoms with van der Waals surface area (Å²) in [7, 11) is 0. The van der Waals surface area contributed by atoms with Gasteiger partial charge in [-0.3, -0.25) is 14.5 Å².